The van der Waals surface area contributed by atoms with E-state index in [1.807, 2.05) is 54.6 Å². The van der Waals surface area contributed by atoms with Gasteiger partial charge in [0, 0.05) is 15.0 Å². The van der Waals surface area contributed by atoms with E-state index in [1.165, 1.54) is 23.1 Å². The summed E-state index contributed by atoms with van der Waals surface area (Å²) in [6.07, 6.45) is 0. The molecule has 94 valence electrons. The van der Waals surface area contributed by atoms with E-state index >= 15 is 0 Å². The highest BCUT2D eigenvalue weighted by Gasteiger charge is 2.21. The summed E-state index contributed by atoms with van der Waals surface area (Å²) in [5, 5.41) is 12.4. The minimum Gasteiger partial charge on any atom is -0.258 e. The molecule has 0 saturated carbocycles. The Morgan fingerprint density at radius 2 is 1.68 bits per heavy atom. The first-order valence-corrected chi connectivity index (χ1v) is 7.28. The fraction of sp³-hybridized carbons (Fsp3) is 0. The lowest BCUT2D eigenvalue weighted by molar-refractivity contribution is -0.382. The lowest BCUT2D eigenvalue weighted by Gasteiger charge is -1.99. The van der Waals surface area contributed by atoms with E-state index in [2.05, 4.69) is 0 Å². The van der Waals surface area contributed by atoms with Crippen LogP contribution in [0.25, 0.3) is 10.1 Å². The Hall–Kier alpha value is -1.85. The molecule has 3 aromatic rings. The van der Waals surface area contributed by atoms with Crippen LogP contribution in [0.2, 0.25) is 0 Å². The molecular formula is C14H9NO2S2. The Balaban J connectivity index is 2.15. The standard InChI is InChI=1S/C14H9NO2S2/c16-15(17)14-13(18-10-6-2-1-3-7-10)11-8-4-5-9-12(11)19-14/h1-9H. The molecule has 0 bridgehead atoms. The van der Waals surface area contributed by atoms with Crippen LogP contribution in [0.4, 0.5) is 5.00 Å². The Kier molecular flexibility index (Phi) is 3.23. The van der Waals surface area contributed by atoms with Crippen molar-refractivity contribution in [2.75, 3.05) is 0 Å². The predicted octanol–water partition coefficient (Wildman–Crippen LogP) is 4.96. The quantitative estimate of drug-likeness (QED) is 0.505. The number of nitro groups is 1. The van der Waals surface area contributed by atoms with Crippen molar-refractivity contribution in [3.05, 3.63) is 64.7 Å². The maximum atomic E-state index is 11.2. The van der Waals surface area contributed by atoms with Crippen LogP contribution < -0.4 is 0 Å². The van der Waals surface area contributed by atoms with Crippen LogP contribution in [-0.2, 0) is 0 Å². The number of hydrogen-bond acceptors (Lipinski definition) is 4. The second-order valence-corrected chi connectivity index (χ2v) is 6.02. The van der Waals surface area contributed by atoms with Crippen molar-refractivity contribution in [2.45, 2.75) is 9.79 Å². The van der Waals surface area contributed by atoms with Gasteiger partial charge in [-0.15, -0.1) is 0 Å². The van der Waals surface area contributed by atoms with E-state index in [9.17, 15) is 10.1 Å². The largest absolute Gasteiger partial charge is 0.339 e. The van der Waals surface area contributed by atoms with Gasteiger partial charge in [-0.25, -0.2) is 0 Å². The van der Waals surface area contributed by atoms with E-state index < -0.39 is 0 Å². The fourth-order valence-electron chi connectivity index (χ4n) is 1.83. The van der Waals surface area contributed by atoms with Crippen LogP contribution in [0.1, 0.15) is 0 Å². The Bertz CT molecular complexity index is 738. The normalized spacial score (nSPS) is 10.7. The maximum Gasteiger partial charge on any atom is 0.339 e. The second-order valence-electron chi connectivity index (χ2n) is 3.90. The zero-order chi connectivity index (χ0) is 13.2. The van der Waals surface area contributed by atoms with Gasteiger partial charge in [-0.1, -0.05) is 59.5 Å². The van der Waals surface area contributed by atoms with E-state index in [0.717, 1.165) is 19.9 Å². The van der Waals surface area contributed by atoms with Gasteiger partial charge in [0.05, 0.1) is 4.92 Å². The number of rotatable bonds is 3. The molecule has 3 rings (SSSR count). The summed E-state index contributed by atoms with van der Waals surface area (Å²) in [7, 11) is 0. The Labute approximate surface area is 118 Å². The highest BCUT2D eigenvalue weighted by atomic mass is 32.2. The first-order chi connectivity index (χ1) is 9.25. The van der Waals surface area contributed by atoms with Crippen molar-refractivity contribution in [2.24, 2.45) is 0 Å². The lowest BCUT2D eigenvalue weighted by atomic mass is 10.3. The van der Waals surface area contributed by atoms with Gasteiger partial charge < -0.3 is 0 Å². The summed E-state index contributed by atoms with van der Waals surface area (Å²) >= 11 is 2.68. The van der Waals surface area contributed by atoms with Gasteiger partial charge in [0.2, 0.25) is 0 Å². The minimum atomic E-state index is -0.296. The summed E-state index contributed by atoms with van der Waals surface area (Å²) in [6.45, 7) is 0. The molecule has 1 aromatic heterocycles. The van der Waals surface area contributed by atoms with Gasteiger partial charge in [-0.05, 0) is 18.2 Å². The van der Waals surface area contributed by atoms with E-state index in [0.29, 0.717) is 0 Å². The van der Waals surface area contributed by atoms with Crippen LogP contribution in [-0.4, -0.2) is 4.92 Å². The summed E-state index contributed by atoms with van der Waals surface area (Å²) in [4.78, 5) is 12.6. The van der Waals surface area contributed by atoms with Crippen LogP contribution in [0.3, 0.4) is 0 Å². The van der Waals surface area contributed by atoms with Gasteiger partial charge in [-0.2, -0.15) is 0 Å². The third-order valence-corrected chi connectivity index (χ3v) is 5.04. The molecule has 0 N–H and O–H groups in total. The molecule has 0 radical (unpaired) electrons. The average Bonchev–Trinajstić information content (AvgIpc) is 2.79. The molecule has 0 unspecified atom stereocenters. The monoisotopic (exact) mass is 287 g/mol. The average molecular weight is 287 g/mol. The molecule has 0 aliphatic heterocycles. The second kappa shape index (κ2) is 5.03. The number of benzene rings is 2. The van der Waals surface area contributed by atoms with Crippen molar-refractivity contribution in [1.29, 1.82) is 0 Å². The zero-order valence-electron chi connectivity index (χ0n) is 9.78. The van der Waals surface area contributed by atoms with Gasteiger partial charge >= 0.3 is 5.00 Å². The van der Waals surface area contributed by atoms with E-state index in [1.54, 1.807) is 0 Å². The van der Waals surface area contributed by atoms with Crippen LogP contribution in [0, 0.1) is 10.1 Å². The number of nitrogens with zero attached hydrogens (tertiary/aromatic N) is 1. The van der Waals surface area contributed by atoms with Crippen molar-refractivity contribution >= 4 is 38.2 Å². The predicted molar refractivity (Wildman–Crippen MR) is 79.0 cm³/mol. The first-order valence-electron chi connectivity index (χ1n) is 5.64. The topological polar surface area (TPSA) is 43.1 Å². The molecule has 0 aliphatic rings. The molecule has 0 spiro atoms. The third-order valence-electron chi connectivity index (χ3n) is 2.66. The van der Waals surface area contributed by atoms with Gasteiger partial charge in [0.1, 0.15) is 4.90 Å². The van der Waals surface area contributed by atoms with Crippen molar-refractivity contribution < 1.29 is 4.92 Å². The maximum absolute atomic E-state index is 11.2. The summed E-state index contributed by atoms with van der Waals surface area (Å²) < 4.78 is 0.952. The molecule has 0 fully saturated rings. The van der Waals surface area contributed by atoms with Crippen LogP contribution in [0.5, 0.6) is 0 Å². The summed E-state index contributed by atoms with van der Waals surface area (Å²) in [5.74, 6) is 0. The van der Waals surface area contributed by atoms with Crippen LogP contribution >= 0.6 is 23.1 Å². The SMILES string of the molecule is O=[N+]([O-])c1sc2ccccc2c1Sc1ccccc1. The van der Waals surface area contributed by atoms with Gasteiger partial charge in [0.25, 0.3) is 0 Å². The van der Waals surface area contributed by atoms with Gasteiger partial charge in [0.15, 0.2) is 0 Å². The fourth-order valence-corrected chi connectivity index (χ4v) is 4.04. The zero-order valence-corrected chi connectivity index (χ0v) is 11.4. The van der Waals surface area contributed by atoms with Crippen molar-refractivity contribution in [3.8, 4) is 0 Å². The molecule has 3 nitrogen and oxygen atoms in total. The minimum absolute atomic E-state index is 0.218. The van der Waals surface area contributed by atoms with Crippen molar-refractivity contribution in [3.63, 3.8) is 0 Å². The molecule has 0 saturated heterocycles. The Morgan fingerprint density at radius 3 is 2.42 bits per heavy atom. The highest BCUT2D eigenvalue weighted by molar-refractivity contribution is 8.00. The van der Waals surface area contributed by atoms with E-state index in [-0.39, 0.29) is 9.92 Å². The molecule has 1 heterocycles. The summed E-state index contributed by atoms with van der Waals surface area (Å²) in [5.41, 5.74) is 0. The molecule has 2 aromatic carbocycles. The molecule has 0 atom stereocenters. The van der Waals surface area contributed by atoms with Gasteiger partial charge in [-0.3, -0.25) is 10.1 Å². The van der Waals surface area contributed by atoms with Crippen molar-refractivity contribution in [1.82, 2.24) is 0 Å². The smallest absolute Gasteiger partial charge is 0.258 e. The first kappa shape index (κ1) is 12.2. The molecular weight excluding hydrogens is 278 g/mol. The third kappa shape index (κ3) is 2.34. The number of hydrogen-bond donors (Lipinski definition) is 0. The van der Waals surface area contributed by atoms with Crippen LogP contribution in [0.15, 0.2) is 64.4 Å². The lowest BCUT2D eigenvalue weighted by Crippen LogP contribution is -1.85. The molecule has 5 heteroatoms. The number of fused-ring (bicyclic) bond motifs is 1. The molecule has 19 heavy (non-hydrogen) atoms. The molecule has 0 amide bonds. The Morgan fingerprint density at radius 1 is 1.00 bits per heavy atom. The molecule has 0 aliphatic carbocycles. The summed E-state index contributed by atoms with van der Waals surface area (Å²) in [6, 6.07) is 17.4. The highest BCUT2D eigenvalue weighted by Crippen LogP contribution is 2.45. The number of thiophene rings is 1. The van der Waals surface area contributed by atoms with E-state index in [4.69, 9.17) is 0 Å².